The third-order valence-electron chi connectivity index (χ3n) is 3.51. The van der Waals surface area contributed by atoms with E-state index in [0.29, 0.717) is 6.04 Å². The van der Waals surface area contributed by atoms with Crippen molar-refractivity contribution in [3.63, 3.8) is 0 Å². The molecule has 1 unspecified atom stereocenters. The predicted molar refractivity (Wildman–Crippen MR) is 78.9 cm³/mol. The van der Waals surface area contributed by atoms with Crippen LogP contribution in [0.3, 0.4) is 0 Å². The molecule has 0 radical (unpaired) electrons. The highest BCUT2D eigenvalue weighted by atomic mass is 16.3. The first kappa shape index (κ1) is 13.7. The van der Waals surface area contributed by atoms with Crippen LogP contribution in [0.4, 0.5) is 0 Å². The van der Waals surface area contributed by atoms with Gasteiger partial charge in [-0.1, -0.05) is 25.1 Å². The van der Waals surface area contributed by atoms with Gasteiger partial charge in [-0.05, 0) is 49.2 Å². The zero-order chi connectivity index (χ0) is 14.0. The molecule has 0 amide bonds. The van der Waals surface area contributed by atoms with Gasteiger partial charge in [0.05, 0.1) is 0 Å². The number of likely N-dealkylation sites (N-methyl/N-ethyl adjacent to an activating group) is 1. The standard InChI is InChI=1S/C16H21NO2/c1-4-17-10(2)7-12-5-6-13-9-15(18)16(19)11(3)14(13)8-12/h5-6,8-10,17-19H,4,7H2,1-3H3. The fraction of sp³-hybridized carbons (Fsp3) is 0.375. The summed E-state index contributed by atoms with van der Waals surface area (Å²) in [7, 11) is 0. The molecule has 2 rings (SSSR count). The summed E-state index contributed by atoms with van der Waals surface area (Å²) in [5, 5.41) is 24.8. The van der Waals surface area contributed by atoms with E-state index < -0.39 is 0 Å². The molecule has 3 heteroatoms. The summed E-state index contributed by atoms with van der Waals surface area (Å²) in [6.45, 7) is 7.05. The average Bonchev–Trinajstić information content (AvgIpc) is 2.37. The van der Waals surface area contributed by atoms with Gasteiger partial charge in [-0.15, -0.1) is 0 Å². The van der Waals surface area contributed by atoms with Gasteiger partial charge in [-0.25, -0.2) is 0 Å². The number of phenolic OH excluding ortho intramolecular Hbond substituents is 2. The van der Waals surface area contributed by atoms with E-state index in [1.165, 1.54) is 5.56 Å². The summed E-state index contributed by atoms with van der Waals surface area (Å²) in [6.07, 6.45) is 0.949. The number of hydrogen-bond donors (Lipinski definition) is 3. The fourth-order valence-corrected chi connectivity index (χ4v) is 2.49. The molecule has 0 aliphatic rings. The lowest BCUT2D eigenvalue weighted by Crippen LogP contribution is -2.27. The van der Waals surface area contributed by atoms with Crippen LogP contribution >= 0.6 is 0 Å². The summed E-state index contributed by atoms with van der Waals surface area (Å²) in [4.78, 5) is 0. The van der Waals surface area contributed by atoms with Crippen LogP contribution in [0, 0.1) is 6.92 Å². The molecular formula is C16H21NO2. The molecular weight excluding hydrogens is 238 g/mol. The summed E-state index contributed by atoms with van der Waals surface area (Å²) in [5.41, 5.74) is 1.96. The number of aromatic hydroxyl groups is 2. The van der Waals surface area contributed by atoms with Gasteiger partial charge in [0.2, 0.25) is 0 Å². The number of hydrogen-bond acceptors (Lipinski definition) is 3. The topological polar surface area (TPSA) is 52.5 Å². The fourth-order valence-electron chi connectivity index (χ4n) is 2.49. The Morgan fingerprint density at radius 3 is 2.63 bits per heavy atom. The van der Waals surface area contributed by atoms with Crippen molar-refractivity contribution in [1.29, 1.82) is 0 Å². The molecule has 0 saturated carbocycles. The zero-order valence-electron chi connectivity index (χ0n) is 11.7. The van der Waals surface area contributed by atoms with Gasteiger partial charge in [-0.2, -0.15) is 0 Å². The van der Waals surface area contributed by atoms with Gasteiger partial charge in [0.15, 0.2) is 11.5 Å². The molecule has 0 spiro atoms. The first-order valence-corrected chi connectivity index (χ1v) is 6.70. The first-order chi connectivity index (χ1) is 9.02. The van der Waals surface area contributed by atoms with E-state index >= 15 is 0 Å². The third kappa shape index (κ3) is 2.82. The van der Waals surface area contributed by atoms with Crippen molar-refractivity contribution in [1.82, 2.24) is 5.32 Å². The van der Waals surface area contributed by atoms with E-state index in [1.807, 2.05) is 13.0 Å². The lowest BCUT2D eigenvalue weighted by molar-refractivity contribution is 0.402. The minimum absolute atomic E-state index is 0.0237. The van der Waals surface area contributed by atoms with Gasteiger partial charge in [-0.3, -0.25) is 0 Å². The molecule has 3 nitrogen and oxygen atoms in total. The molecule has 1 atom stereocenters. The normalized spacial score (nSPS) is 12.8. The van der Waals surface area contributed by atoms with Crippen LogP contribution in [-0.2, 0) is 6.42 Å². The van der Waals surface area contributed by atoms with Crippen molar-refractivity contribution in [2.75, 3.05) is 6.54 Å². The number of phenols is 2. The van der Waals surface area contributed by atoms with Crippen LogP contribution < -0.4 is 5.32 Å². The Hall–Kier alpha value is -1.74. The number of rotatable bonds is 4. The van der Waals surface area contributed by atoms with Gasteiger partial charge >= 0.3 is 0 Å². The van der Waals surface area contributed by atoms with Crippen molar-refractivity contribution < 1.29 is 10.2 Å². The van der Waals surface area contributed by atoms with Crippen molar-refractivity contribution in [3.8, 4) is 11.5 Å². The molecule has 0 aliphatic carbocycles. The monoisotopic (exact) mass is 259 g/mol. The molecule has 19 heavy (non-hydrogen) atoms. The number of fused-ring (bicyclic) bond motifs is 1. The summed E-state index contributed by atoms with van der Waals surface area (Å²) >= 11 is 0. The number of benzene rings is 2. The largest absolute Gasteiger partial charge is 0.504 e. The molecule has 0 heterocycles. The molecule has 0 bridgehead atoms. The van der Waals surface area contributed by atoms with Crippen molar-refractivity contribution in [2.24, 2.45) is 0 Å². The number of nitrogens with one attached hydrogen (secondary N) is 1. The summed E-state index contributed by atoms with van der Waals surface area (Å²) < 4.78 is 0. The Balaban J connectivity index is 2.40. The maximum atomic E-state index is 9.80. The highest BCUT2D eigenvalue weighted by molar-refractivity contribution is 5.90. The summed E-state index contributed by atoms with van der Waals surface area (Å²) in [6, 6.07) is 8.20. The first-order valence-electron chi connectivity index (χ1n) is 6.70. The van der Waals surface area contributed by atoms with Crippen LogP contribution in [0.5, 0.6) is 11.5 Å². The van der Waals surface area contributed by atoms with Crippen LogP contribution in [0.1, 0.15) is 25.0 Å². The van der Waals surface area contributed by atoms with E-state index in [4.69, 9.17) is 0 Å². The Morgan fingerprint density at radius 2 is 1.95 bits per heavy atom. The minimum Gasteiger partial charge on any atom is -0.504 e. The molecule has 102 valence electrons. The van der Waals surface area contributed by atoms with Crippen LogP contribution in [0.2, 0.25) is 0 Å². The Labute approximate surface area is 113 Å². The van der Waals surface area contributed by atoms with Crippen LogP contribution in [0.25, 0.3) is 10.8 Å². The molecule has 0 aromatic heterocycles. The van der Waals surface area contributed by atoms with Gasteiger partial charge < -0.3 is 15.5 Å². The van der Waals surface area contributed by atoms with Crippen molar-refractivity contribution in [2.45, 2.75) is 33.2 Å². The Morgan fingerprint density at radius 1 is 1.21 bits per heavy atom. The van der Waals surface area contributed by atoms with E-state index in [-0.39, 0.29) is 11.5 Å². The lowest BCUT2D eigenvalue weighted by atomic mass is 9.98. The SMILES string of the molecule is CCNC(C)Cc1ccc2cc(O)c(O)c(C)c2c1. The second-order valence-corrected chi connectivity index (χ2v) is 5.09. The lowest BCUT2D eigenvalue weighted by Gasteiger charge is -2.14. The second-order valence-electron chi connectivity index (χ2n) is 5.09. The van der Waals surface area contributed by atoms with E-state index in [0.717, 1.165) is 29.3 Å². The summed E-state index contributed by atoms with van der Waals surface area (Å²) in [5.74, 6) is -0.0804. The average molecular weight is 259 g/mol. The smallest absolute Gasteiger partial charge is 0.161 e. The van der Waals surface area contributed by atoms with E-state index in [2.05, 4.69) is 31.3 Å². The molecule has 2 aromatic rings. The third-order valence-corrected chi connectivity index (χ3v) is 3.51. The number of aryl methyl sites for hydroxylation is 1. The Bertz CT molecular complexity index is 593. The molecule has 0 fully saturated rings. The van der Waals surface area contributed by atoms with Crippen molar-refractivity contribution in [3.05, 3.63) is 35.4 Å². The molecule has 0 saturated heterocycles. The zero-order valence-corrected chi connectivity index (χ0v) is 11.7. The van der Waals surface area contributed by atoms with Gasteiger partial charge in [0.1, 0.15) is 0 Å². The van der Waals surface area contributed by atoms with Crippen LogP contribution in [-0.4, -0.2) is 22.8 Å². The highest BCUT2D eigenvalue weighted by Crippen LogP contribution is 2.35. The van der Waals surface area contributed by atoms with Gasteiger partial charge in [0, 0.05) is 11.6 Å². The molecule has 3 N–H and O–H groups in total. The maximum Gasteiger partial charge on any atom is 0.161 e. The quantitative estimate of drug-likeness (QED) is 0.739. The highest BCUT2D eigenvalue weighted by Gasteiger charge is 2.10. The van der Waals surface area contributed by atoms with E-state index in [1.54, 1.807) is 6.07 Å². The minimum atomic E-state index is -0.0567. The maximum absolute atomic E-state index is 9.80. The molecule has 2 aromatic carbocycles. The van der Waals surface area contributed by atoms with Crippen molar-refractivity contribution >= 4 is 10.8 Å². The van der Waals surface area contributed by atoms with Gasteiger partial charge in [0.25, 0.3) is 0 Å². The second kappa shape index (κ2) is 5.49. The van der Waals surface area contributed by atoms with E-state index in [9.17, 15) is 10.2 Å². The Kier molecular flexibility index (Phi) is 3.96. The molecule has 0 aliphatic heterocycles. The van der Waals surface area contributed by atoms with Crippen LogP contribution in [0.15, 0.2) is 24.3 Å². The predicted octanol–water partition coefficient (Wildman–Crippen LogP) is 3.10.